The van der Waals surface area contributed by atoms with Crippen molar-refractivity contribution in [2.75, 3.05) is 19.1 Å². The molecule has 29 heavy (non-hydrogen) atoms. The number of anilines is 1. The number of halogens is 3. The minimum atomic E-state index is -0.914. The largest absolute Gasteiger partial charge is 0.493 e. The first-order chi connectivity index (χ1) is 13.8. The highest BCUT2D eigenvalue weighted by atomic mass is 127. The molecule has 0 aromatic heterocycles. The molecule has 2 aromatic rings. The van der Waals surface area contributed by atoms with Gasteiger partial charge < -0.3 is 9.47 Å². The van der Waals surface area contributed by atoms with Gasteiger partial charge in [0.25, 0.3) is 11.8 Å². The van der Waals surface area contributed by atoms with E-state index in [0.717, 1.165) is 4.90 Å². The van der Waals surface area contributed by atoms with Gasteiger partial charge in [0.05, 0.1) is 33.5 Å². The first kappa shape index (κ1) is 21.4. The van der Waals surface area contributed by atoms with Crippen LogP contribution in [0.25, 0.3) is 6.08 Å². The Morgan fingerprint density at radius 1 is 1.10 bits per heavy atom. The van der Waals surface area contributed by atoms with Crippen LogP contribution in [0.3, 0.4) is 0 Å². The SMILES string of the molecule is COc1cc(/C=C2\C(=O)NC(=O)N(c3cccc(Cl)c3Cl)C2=O)cc(I)c1OC. The van der Waals surface area contributed by atoms with Crippen molar-refractivity contribution in [2.24, 2.45) is 0 Å². The molecule has 7 nitrogen and oxygen atoms in total. The second-order valence-electron chi connectivity index (χ2n) is 5.77. The van der Waals surface area contributed by atoms with Crippen LogP contribution >= 0.6 is 45.8 Å². The molecule has 1 aliphatic rings. The van der Waals surface area contributed by atoms with Crippen LogP contribution in [0.1, 0.15) is 5.56 Å². The Kier molecular flexibility index (Phi) is 6.35. The van der Waals surface area contributed by atoms with Crippen LogP contribution in [-0.4, -0.2) is 32.1 Å². The number of benzene rings is 2. The summed E-state index contributed by atoms with van der Waals surface area (Å²) in [4.78, 5) is 38.4. The number of barbiturate groups is 1. The van der Waals surface area contributed by atoms with Gasteiger partial charge in [-0.25, -0.2) is 9.69 Å². The zero-order valence-corrected chi connectivity index (χ0v) is 18.8. The highest BCUT2D eigenvalue weighted by Gasteiger charge is 2.38. The number of carbonyl (C=O) groups excluding carboxylic acids is 3. The molecule has 150 valence electrons. The third-order valence-electron chi connectivity index (χ3n) is 4.04. The number of urea groups is 1. The van der Waals surface area contributed by atoms with Gasteiger partial charge in [-0.3, -0.25) is 14.9 Å². The summed E-state index contributed by atoms with van der Waals surface area (Å²) in [6, 6.07) is 6.93. The molecule has 1 N–H and O–H groups in total. The lowest BCUT2D eigenvalue weighted by Crippen LogP contribution is -2.54. The molecule has 0 unspecified atom stereocenters. The molecule has 0 aliphatic carbocycles. The molecule has 2 aromatic carbocycles. The van der Waals surface area contributed by atoms with E-state index < -0.39 is 17.8 Å². The molecule has 4 amide bonds. The predicted molar refractivity (Wildman–Crippen MR) is 118 cm³/mol. The molecule has 0 bridgehead atoms. The average molecular weight is 547 g/mol. The van der Waals surface area contributed by atoms with Gasteiger partial charge in [0.1, 0.15) is 5.57 Å². The maximum atomic E-state index is 13.0. The fourth-order valence-corrected chi connectivity index (χ4v) is 3.95. The smallest absolute Gasteiger partial charge is 0.336 e. The highest BCUT2D eigenvalue weighted by molar-refractivity contribution is 14.1. The molecule has 3 rings (SSSR count). The Morgan fingerprint density at radius 3 is 2.48 bits per heavy atom. The van der Waals surface area contributed by atoms with Crippen LogP contribution in [0.2, 0.25) is 10.0 Å². The number of rotatable bonds is 4. The van der Waals surface area contributed by atoms with Crippen molar-refractivity contribution in [1.29, 1.82) is 0 Å². The number of nitrogens with zero attached hydrogens (tertiary/aromatic N) is 1. The van der Waals surface area contributed by atoms with E-state index >= 15 is 0 Å². The first-order valence-corrected chi connectivity index (χ1v) is 9.89. The van der Waals surface area contributed by atoms with Crippen molar-refractivity contribution >= 4 is 75.4 Å². The Morgan fingerprint density at radius 2 is 1.83 bits per heavy atom. The van der Waals surface area contributed by atoms with Gasteiger partial charge in [0, 0.05) is 0 Å². The first-order valence-electron chi connectivity index (χ1n) is 8.05. The second kappa shape index (κ2) is 8.60. The Bertz CT molecular complexity index is 1070. The lowest BCUT2D eigenvalue weighted by atomic mass is 10.1. The van der Waals surface area contributed by atoms with Crippen molar-refractivity contribution in [1.82, 2.24) is 5.32 Å². The van der Waals surface area contributed by atoms with E-state index in [1.807, 2.05) is 22.6 Å². The van der Waals surface area contributed by atoms with Crippen LogP contribution < -0.4 is 19.7 Å². The van der Waals surface area contributed by atoms with Gasteiger partial charge in [-0.15, -0.1) is 0 Å². The lowest BCUT2D eigenvalue weighted by Gasteiger charge is -2.27. The van der Waals surface area contributed by atoms with Gasteiger partial charge in [-0.05, 0) is 58.5 Å². The fourth-order valence-electron chi connectivity index (χ4n) is 2.73. The average Bonchev–Trinajstić information content (AvgIpc) is 2.67. The van der Waals surface area contributed by atoms with E-state index in [1.54, 1.807) is 18.2 Å². The van der Waals surface area contributed by atoms with E-state index in [2.05, 4.69) is 5.32 Å². The summed E-state index contributed by atoms with van der Waals surface area (Å²) >= 11 is 14.2. The number of methoxy groups -OCH3 is 2. The molecule has 1 aliphatic heterocycles. The zero-order valence-electron chi connectivity index (χ0n) is 15.1. The van der Waals surface area contributed by atoms with Crippen LogP contribution in [0.4, 0.5) is 10.5 Å². The molecular weight excluding hydrogens is 534 g/mol. The molecule has 0 spiro atoms. The number of hydrogen-bond acceptors (Lipinski definition) is 5. The van der Waals surface area contributed by atoms with Gasteiger partial charge >= 0.3 is 6.03 Å². The zero-order chi connectivity index (χ0) is 21.3. The van der Waals surface area contributed by atoms with E-state index in [-0.39, 0.29) is 21.3 Å². The maximum Gasteiger partial charge on any atom is 0.336 e. The van der Waals surface area contributed by atoms with Crippen LogP contribution in [0.5, 0.6) is 11.5 Å². The fraction of sp³-hybridized carbons (Fsp3) is 0.105. The van der Waals surface area contributed by atoms with Gasteiger partial charge in [0.15, 0.2) is 11.5 Å². The molecule has 10 heteroatoms. The number of carbonyl (C=O) groups is 3. The van der Waals surface area contributed by atoms with Crippen molar-refractivity contribution in [3.63, 3.8) is 0 Å². The molecule has 0 atom stereocenters. The van der Waals surface area contributed by atoms with Crippen molar-refractivity contribution in [2.45, 2.75) is 0 Å². The van der Waals surface area contributed by atoms with E-state index in [9.17, 15) is 14.4 Å². The summed E-state index contributed by atoms with van der Waals surface area (Å²) in [5.74, 6) is -0.690. The summed E-state index contributed by atoms with van der Waals surface area (Å²) < 4.78 is 11.3. The number of amides is 4. The van der Waals surface area contributed by atoms with Crippen molar-refractivity contribution in [3.05, 3.63) is 55.1 Å². The van der Waals surface area contributed by atoms with Crippen LogP contribution in [0.15, 0.2) is 35.9 Å². The van der Waals surface area contributed by atoms with Crippen molar-refractivity contribution in [3.8, 4) is 11.5 Å². The summed E-state index contributed by atoms with van der Waals surface area (Å²) in [5, 5.41) is 2.33. The summed E-state index contributed by atoms with van der Waals surface area (Å²) in [5.41, 5.74) is 0.336. The van der Waals surface area contributed by atoms with Crippen LogP contribution in [-0.2, 0) is 9.59 Å². The van der Waals surface area contributed by atoms with E-state index in [4.69, 9.17) is 32.7 Å². The van der Waals surface area contributed by atoms with E-state index in [0.29, 0.717) is 20.6 Å². The van der Waals surface area contributed by atoms with Gasteiger partial charge in [-0.2, -0.15) is 0 Å². The predicted octanol–water partition coefficient (Wildman–Crippen LogP) is 4.28. The number of imide groups is 2. The Hall–Kier alpha value is -2.30. The molecule has 0 saturated carbocycles. The monoisotopic (exact) mass is 546 g/mol. The third-order valence-corrected chi connectivity index (χ3v) is 5.65. The summed E-state index contributed by atoms with van der Waals surface area (Å²) in [6.45, 7) is 0. The van der Waals surface area contributed by atoms with Crippen molar-refractivity contribution < 1.29 is 23.9 Å². The van der Waals surface area contributed by atoms with E-state index in [1.165, 1.54) is 32.4 Å². The molecule has 0 radical (unpaired) electrons. The standard InChI is InChI=1S/C19H13Cl2IN2O5/c1-28-14-8-9(7-12(22)16(14)29-2)6-10-17(25)23-19(27)24(18(10)26)13-5-3-4-11(20)15(13)21/h3-8H,1-2H3,(H,23,25,27)/b10-6+. The maximum absolute atomic E-state index is 13.0. The molecule has 1 saturated heterocycles. The molecule has 1 heterocycles. The minimum absolute atomic E-state index is 0.0204. The molecule has 1 fully saturated rings. The second-order valence-corrected chi connectivity index (χ2v) is 7.72. The van der Waals surface area contributed by atoms with Crippen LogP contribution in [0, 0.1) is 3.57 Å². The highest BCUT2D eigenvalue weighted by Crippen LogP contribution is 2.36. The topological polar surface area (TPSA) is 84.9 Å². The molecular formula is C19H13Cl2IN2O5. The lowest BCUT2D eigenvalue weighted by molar-refractivity contribution is -0.122. The summed E-state index contributed by atoms with van der Waals surface area (Å²) in [6.07, 6.45) is 1.36. The minimum Gasteiger partial charge on any atom is -0.493 e. The Labute approximate surface area is 189 Å². The van der Waals surface area contributed by atoms with Gasteiger partial charge in [0.2, 0.25) is 0 Å². The quantitative estimate of drug-likeness (QED) is 0.351. The Balaban J connectivity index is 2.09. The number of hydrogen-bond donors (Lipinski definition) is 1. The number of ether oxygens (including phenoxy) is 2. The third kappa shape index (κ3) is 4.05. The normalized spacial score (nSPS) is 15.6. The van der Waals surface area contributed by atoms with Gasteiger partial charge in [-0.1, -0.05) is 29.3 Å². The number of nitrogens with one attached hydrogen (secondary N) is 1. The summed E-state index contributed by atoms with van der Waals surface area (Å²) in [7, 11) is 2.99.